The van der Waals surface area contributed by atoms with E-state index in [1.165, 1.54) is 0 Å². The molecule has 0 unspecified atom stereocenters. The Kier molecular flexibility index (Phi) is 6.51. The van der Waals surface area contributed by atoms with Crippen LogP contribution in [-0.2, 0) is 16.0 Å². The first-order chi connectivity index (χ1) is 13.9. The van der Waals surface area contributed by atoms with Crippen molar-refractivity contribution in [1.82, 2.24) is 24.5 Å². The van der Waals surface area contributed by atoms with Gasteiger partial charge in [0.05, 0.1) is 5.52 Å². The van der Waals surface area contributed by atoms with Crippen LogP contribution in [0, 0.1) is 5.92 Å². The first kappa shape index (κ1) is 20.8. The number of hydrogen-bond donors (Lipinski definition) is 1. The van der Waals surface area contributed by atoms with E-state index in [0.29, 0.717) is 37.8 Å². The Hall–Kier alpha value is -2.90. The van der Waals surface area contributed by atoms with E-state index in [2.05, 4.69) is 24.1 Å². The summed E-state index contributed by atoms with van der Waals surface area (Å²) in [5.41, 5.74) is 1.16. The van der Waals surface area contributed by atoms with Gasteiger partial charge in [0.2, 0.25) is 11.8 Å². The quantitative estimate of drug-likeness (QED) is 0.794. The highest BCUT2D eigenvalue weighted by Gasteiger charge is 2.23. The van der Waals surface area contributed by atoms with Crippen molar-refractivity contribution in [2.24, 2.45) is 5.92 Å². The number of pyridine rings is 1. The molecular formula is C21H29N5O3. The van der Waals surface area contributed by atoms with Crippen LogP contribution in [0.2, 0.25) is 0 Å². The summed E-state index contributed by atoms with van der Waals surface area (Å²) in [5.74, 6) is 1.05. The number of nitrogens with zero attached hydrogens (tertiary/aromatic N) is 4. The molecule has 0 atom stereocenters. The molecule has 8 heteroatoms. The van der Waals surface area contributed by atoms with Gasteiger partial charge in [-0.1, -0.05) is 19.9 Å². The standard InChI is InChI=1S/C21H29N5O3/c1-15(2)14-18-23-20(17-6-4-5-9-26(17)18)21(29)22-8-7-19(28)25-12-10-24(11-13-25)16(3)27/h4-6,9,15H,7-8,10-14H2,1-3H3,(H,22,29). The minimum Gasteiger partial charge on any atom is -0.350 e. The van der Waals surface area contributed by atoms with E-state index in [-0.39, 0.29) is 30.7 Å². The van der Waals surface area contributed by atoms with Gasteiger partial charge in [-0.3, -0.25) is 14.4 Å². The maximum Gasteiger partial charge on any atom is 0.272 e. The van der Waals surface area contributed by atoms with Crippen molar-refractivity contribution in [3.8, 4) is 0 Å². The van der Waals surface area contributed by atoms with Crippen LogP contribution in [0.3, 0.4) is 0 Å². The van der Waals surface area contributed by atoms with Crippen LogP contribution in [0.5, 0.6) is 0 Å². The minimum absolute atomic E-state index is 0.0105. The molecule has 0 saturated carbocycles. The number of amides is 3. The van der Waals surface area contributed by atoms with Gasteiger partial charge in [-0.05, 0) is 18.1 Å². The molecule has 2 aromatic rings. The van der Waals surface area contributed by atoms with Crippen LogP contribution in [0.25, 0.3) is 5.52 Å². The van der Waals surface area contributed by atoms with Gasteiger partial charge < -0.3 is 19.5 Å². The van der Waals surface area contributed by atoms with Crippen LogP contribution in [0.1, 0.15) is 43.5 Å². The molecule has 3 amide bonds. The molecule has 0 aliphatic carbocycles. The maximum atomic E-state index is 12.7. The number of aromatic nitrogens is 2. The van der Waals surface area contributed by atoms with Crippen LogP contribution < -0.4 is 5.32 Å². The van der Waals surface area contributed by atoms with Gasteiger partial charge >= 0.3 is 0 Å². The largest absolute Gasteiger partial charge is 0.350 e. The van der Waals surface area contributed by atoms with Crippen molar-refractivity contribution < 1.29 is 14.4 Å². The van der Waals surface area contributed by atoms with Gasteiger partial charge in [-0.15, -0.1) is 0 Å². The second-order valence-electron chi connectivity index (χ2n) is 7.82. The van der Waals surface area contributed by atoms with E-state index in [4.69, 9.17) is 0 Å². The van der Waals surface area contributed by atoms with E-state index in [1.807, 2.05) is 28.8 Å². The lowest BCUT2D eigenvalue weighted by Gasteiger charge is -2.34. The molecule has 0 spiro atoms. The Balaban J connectivity index is 1.56. The average Bonchev–Trinajstić information content (AvgIpc) is 3.06. The zero-order valence-corrected chi connectivity index (χ0v) is 17.4. The van der Waals surface area contributed by atoms with Crippen molar-refractivity contribution >= 4 is 23.2 Å². The van der Waals surface area contributed by atoms with Gasteiger partial charge in [0, 0.05) is 58.7 Å². The third-order valence-electron chi connectivity index (χ3n) is 5.13. The van der Waals surface area contributed by atoms with Crippen LogP contribution in [0.4, 0.5) is 0 Å². The summed E-state index contributed by atoms with van der Waals surface area (Å²) < 4.78 is 1.95. The SMILES string of the molecule is CC(=O)N1CCN(C(=O)CCNC(=O)c2nc(CC(C)C)n3ccccc23)CC1. The molecule has 0 radical (unpaired) electrons. The Labute approximate surface area is 170 Å². The van der Waals surface area contributed by atoms with E-state index >= 15 is 0 Å². The van der Waals surface area contributed by atoms with Gasteiger partial charge in [0.15, 0.2) is 5.69 Å². The summed E-state index contributed by atoms with van der Waals surface area (Å²) in [6, 6.07) is 5.69. The molecule has 1 aliphatic heterocycles. The van der Waals surface area contributed by atoms with Gasteiger partial charge in [-0.2, -0.15) is 0 Å². The second-order valence-corrected chi connectivity index (χ2v) is 7.82. The summed E-state index contributed by atoms with van der Waals surface area (Å²) >= 11 is 0. The zero-order valence-electron chi connectivity index (χ0n) is 17.4. The van der Waals surface area contributed by atoms with E-state index in [0.717, 1.165) is 17.8 Å². The van der Waals surface area contributed by atoms with Crippen LogP contribution >= 0.6 is 0 Å². The molecule has 29 heavy (non-hydrogen) atoms. The molecule has 156 valence electrons. The average molecular weight is 399 g/mol. The normalized spacial score (nSPS) is 14.5. The van der Waals surface area contributed by atoms with E-state index in [1.54, 1.807) is 16.7 Å². The summed E-state index contributed by atoms with van der Waals surface area (Å²) in [6.07, 6.45) is 2.93. The molecule has 1 aliphatic rings. The number of piperazine rings is 1. The van der Waals surface area contributed by atoms with E-state index < -0.39 is 0 Å². The second kappa shape index (κ2) is 9.07. The lowest BCUT2D eigenvalue weighted by atomic mass is 10.1. The molecule has 3 heterocycles. The first-order valence-corrected chi connectivity index (χ1v) is 10.1. The number of carbonyl (C=O) groups excluding carboxylic acids is 3. The molecular weight excluding hydrogens is 370 g/mol. The summed E-state index contributed by atoms with van der Waals surface area (Å²) in [5, 5.41) is 2.83. The van der Waals surface area contributed by atoms with E-state index in [9.17, 15) is 14.4 Å². The highest BCUT2D eigenvalue weighted by molar-refractivity contribution is 5.99. The molecule has 1 fully saturated rings. The van der Waals surface area contributed by atoms with Gasteiger partial charge in [0.1, 0.15) is 5.82 Å². The van der Waals surface area contributed by atoms with Crippen LogP contribution in [-0.4, -0.2) is 69.6 Å². The highest BCUT2D eigenvalue weighted by atomic mass is 16.2. The number of hydrogen-bond acceptors (Lipinski definition) is 4. The number of fused-ring (bicyclic) bond motifs is 1. The maximum absolute atomic E-state index is 12.7. The number of imidazole rings is 1. The lowest BCUT2D eigenvalue weighted by molar-refractivity contribution is -0.138. The summed E-state index contributed by atoms with van der Waals surface area (Å²) in [7, 11) is 0. The van der Waals surface area contributed by atoms with Crippen molar-refractivity contribution in [1.29, 1.82) is 0 Å². The monoisotopic (exact) mass is 399 g/mol. The lowest BCUT2D eigenvalue weighted by Crippen LogP contribution is -2.50. The molecule has 1 saturated heterocycles. The fraction of sp³-hybridized carbons (Fsp3) is 0.524. The number of rotatable bonds is 6. The van der Waals surface area contributed by atoms with Gasteiger partial charge in [-0.25, -0.2) is 4.98 Å². The predicted molar refractivity (Wildman–Crippen MR) is 110 cm³/mol. The third-order valence-corrected chi connectivity index (χ3v) is 5.13. The van der Waals surface area contributed by atoms with Crippen molar-refractivity contribution in [3.63, 3.8) is 0 Å². The fourth-order valence-electron chi connectivity index (χ4n) is 3.57. The van der Waals surface area contributed by atoms with Crippen molar-refractivity contribution in [2.75, 3.05) is 32.7 Å². The Morgan fingerprint density at radius 1 is 1.10 bits per heavy atom. The van der Waals surface area contributed by atoms with Crippen molar-refractivity contribution in [3.05, 3.63) is 35.9 Å². The Morgan fingerprint density at radius 2 is 1.79 bits per heavy atom. The summed E-state index contributed by atoms with van der Waals surface area (Å²) in [4.78, 5) is 44.5. The van der Waals surface area contributed by atoms with Gasteiger partial charge in [0.25, 0.3) is 5.91 Å². The number of carbonyl (C=O) groups is 3. The molecule has 8 nitrogen and oxygen atoms in total. The molecule has 3 rings (SSSR count). The minimum atomic E-state index is -0.266. The zero-order chi connectivity index (χ0) is 21.0. The Morgan fingerprint density at radius 3 is 2.45 bits per heavy atom. The molecule has 1 N–H and O–H groups in total. The van der Waals surface area contributed by atoms with Crippen molar-refractivity contribution in [2.45, 2.75) is 33.6 Å². The Bertz CT molecular complexity index is 897. The highest BCUT2D eigenvalue weighted by Crippen LogP contribution is 2.16. The van der Waals surface area contributed by atoms with Crippen LogP contribution in [0.15, 0.2) is 24.4 Å². The summed E-state index contributed by atoms with van der Waals surface area (Å²) in [6.45, 7) is 8.24. The number of nitrogens with one attached hydrogen (secondary N) is 1. The topological polar surface area (TPSA) is 87.0 Å². The predicted octanol–water partition coefficient (Wildman–Crippen LogP) is 1.34. The fourth-order valence-corrected chi connectivity index (χ4v) is 3.57. The molecule has 0 aromatic carbocycles. The first-order valence-electron chi connectivity index (χ1n) is 10.1. The smallest absolute Gasteiger partial charge is 0.272 e. The third kappa shape index (κ3) is 4.93. The molecule has 2 aromatic heterocycles. The molecule has 0 bridgehead atoms.